The van der Waals surface area contributed by atoms with Gasteiger partial charge in [-0.05, 0) is 47.1 Å². The summed E-state index contributed by atoms with van der Waals surface area (Å²) in [7, 11) is 0. The van der Waals surface area contributed by atoms with Gasteiger partial charge >= 0.3 is 6.09 Å². The third-order valence-corrected chi connectivity index (χ3v) is 5.67. The normalized spacial score (nSPS) is 15.3. The molecule has 0 spiro atoms. The molecule has 27 heavy (non-hydrogen) atoms. The molecule has 0 bridgehead atoms. The minimum atomic E-state index is -0.519. The Labute approximate surface area is 163 Å². The first-order valence-corrected chi connectivity index (χ1v) is 9.90. The van der Waals surface area contributed by atoms with Gasteiger partial charge in [-0.15, -0.1) is 11.3 Å². The van der Waals surface area contributed by atoms with Gasteiger partial charge in [-0.3, -0.25) is 4.79 Å². The molecule has 0 saturated carbocycles. The maximum absolute atomic E-state index is 13.0. The number of piperazine rings is 1. The number of thiophene rings is 1. The predicted octanol–water partition coefficient (Wildman–Crippen LogP) is 3.31. The van der Waals surface area contributed by atoms with Gasteiger partial charge in [-0.1, -0.05) is 0 Å². The molecule has 2 amide bonds. The highest BCUT2D eigenvalue weighted by atomic mass is 32.1. The van der Waals surface area contributed by atoms with E-state index in [1.54, 1.807) is 9.80 Å². The van der Waals surface area contributed by atoms with Crippen molar-refractivity contribution in [3.8, 4) is 0 Å². The van der Waals surface area contributed by atoms with Gasteiger partial charge in [0.1, 0.15) is 16.3 Å². The van der Waals surface area contributed by atoms with Crippen LogP contribution in [0, 0.1) is 20.8 Å². The third kappa shape index (κ3) is 4.05. The second-order valence-corrected chi connectivity index (χ2v) is 8.85. The molecule has 0 atom stereocenters. The molecule has 146 valence electrons. The van der Waals surface area contributed by atoms with Gasteiger partial charge in [-0.2, -0.15) is 0 Å². The minimum Gasteiger partial charge on any atom is -0.444 e. The van der Waals surface area contributed by atoms with E-state index in [1.165, 1.54) is 11.3 Å². The van der Waals surface area contributed by atoms with Gasteiger partial charge in [0.2, 0.25) is 0 Å². The van der Waals surface area contributed by atoms with Crippen molar-refractivity contribution in [1.29, 1.82) is 0 Å². The zero-order valence-electron chi connectivity index (χ0n) is 16.8. The number of hydrogen-bond donors (Lipinski definition) is 0. The van der Waals surface area contributed by atoms with Gasteiger partial charge in [0.05, 0.1) is 4.88 Å². The van der Waals surface area contributed by atoms with Gasteiger partial charge in [0.15, 0.2) is 0 Å². The number of hydrogen-bond acceptors (Lipinski definition) is 6. The van der Waals surface area contributed by atoms with Gasteiger partial charge in [-0.25, -0.2) is 14.8 Å². The van der Waals surface area contributed by atoms with Crippen LogP contribution in [0.15, 0.2) is 0 Å². The summed E-state index contributed by atoms with van der Waals surface area (Å²) in [6.45, 7) is 13.2. The molecule has 1 saturated heterocycles. The summed E-state index contributed by atoms with van der Waals surface area (Å²) in [6.07, 6.45) is -0.325. The molecule has 1 aliphatic heterocycles. The minimum absolute atomic E-state index is 0.00334. The summed E-state index contributed by atoms with van der Waals surface area (Å²) >= 11 is 1.42. The highest BCUT2D eigenvalue weighted by molar-refractivity contribution is 7.20. The summed E-state index contributed by atoms with van der Waals surface area (Å²) in [6, 6.07) is 0. The van der Waals surface area contributed by atoms with Gasteiger partial charge in [0.25, 0.3) is 5.91 Å². The maximum Gasteiger partial charge on any atom is 0.410 e. The molecule has 2 aromatic rings. The van der Waals surface area contributed by atoms with E-state index in [0.29, 0.717) is 36.9 Å². The van der Waals surface area contributed by atoms with Crippen LogP contribution in [0.2, 0.25) is 0 Å². The summed E-state index contributed by atoms with van der Waals surface area (Å²) in [5, 5.41) is 0.973. The molecule has 2 aromatic heterocycles. The Balaban J connectivity index is 1.73. The Morgan fingerprint density at radius 2 is 1.59 bits per heavy atom. The van der Waals surface area contributed by atoms with E-state index in [2.05, 4.69) is 9.97 Å². The first kappa shape index (κ1) is 19.5. The Kier molecular flexibility index (Phi) is 5.12. The lowest BCUT2D eigenvalue weighted by Crippen LogP contribution is -2.51. The summed E-state index contributed by atoms with van der Waals surface area (Å²) < 4.78 is 5.41. The van der Waals surface area contributed by atoms with Crippen LogP contribution in [-0.2, 0) is 4.74 Å². The third-order valence-electron chi connectivity index (χ3n) is 4.50. The molecular weight excluding hydrogens is 364 g/mol. The van der Waals surface area contributed by atoms with E-state index in [1.807, 2.05) is 41.5 Å². The number of nitrogens with zero attached hydrogens (tertiary/aromatic N) is 4. The fourth-order valence-corrected chi connectivity index (χ4v) is 4.49. The van der Waals surface area contributed by atoms with Crippen molar-refractivity contribution < 1.29 is 14.3 Å². The number of rotatable bonds is 1. The fourth-order valence-electron chi connectivity index (χ4n) is 3.24. The molecule has 0 aromatic carbocycles. The Hall–Kier alpha value is -2.22. The molecule has 3 rings (SSSR count). The van der Waals surface area contributed by atoms with Crippen LogP contribution in [0.4, 0.5) is 4.79 Å². The highest BCUT2D eigenvalue weighted by Crippen LogP contribution is 2.32. The number of fused-ring (bicyclic) bond motifs is 1. The van der Waals surface area contributed by atoms with E-state index < -0.39 is 5.60 Å². The Morgan fingerprint density at radius 3 is 2.19 bits per heavy atom. The average Bonchev–Trinajstić information content (AvgIpc) is 2.89. The second-order valence-electron chi connectivity index (χ2n) is 7.85. The Bertz CT molecular complexity index is 892. The topological polar surface area (TPSA) is 75.6 Å². The van der Waals surface area contributed by atoms with Crippen molar-refractivity contribution in [2.75, 3.05) is 26.2 Å². The molecule has 0 unspecified atom stereocenters. The first-order chi connectivity index (χ1) is 12.6. The van der Waals surface area contributed by atoms with E-state index in [9.17, 15) is 9.59 Å². The van der Waals surface area contributed by atoms with Crippen molar-refractivity contribution in [3.05, 3.63) is 22.0 Å². The highest BCUT2D eigenvalue weighted by Gasteiger charge is 2.30. The maximum atomic E-state index is 13.0. The van der Waals surface area contributed by atoms with Crippen molar-refractivity contribution >= 4 is 33.6 Å². The van der Waals surface area contributed by atoms with Crippen LogP contribution < -0.4 is 0 Å². The second kappa shape index (κ2) is 7.07. The van der Waals surface area contributed by atoms with Crippen LogP contribution >= 0.6 is 11.3 Å². The average molecular weight is 391 g/mol. The van der Waals surface area contributed by atoms with Crippen molar-refractivity contribution in [2.24, 2.45) is 0 Å². The molecular formula is C19H26N4O3S. The van der Waals surface area contributed by atoms with Crippen LogP contribution in [0.3, 0.4) is 0 Å². The monoisotopic (exact) mass is 390 g/mol. The molecule has 3 heterocycles. The molecule has 0 N–H and O–H groups in total. The summed E-state index contributed by atoms with van der Waals surface area (Å²) in [4.78, 5) is 39.2. The number of aromatic nitrogens is 2. The quantitative estimate of drug-likeness (QED) is 0.747. The SMILES string of the molecule is Cc1nc(C)c2c(C)c(C(=O)N3CCN(C(=O)OC(C)(C)C)CC3)sc2n1. The number of carbonyl (C=O) groups is 2. The van der Waals surface area contributed by atoms with Crippen LogP contribution in [0.25, 0.3) is 10.2 Å². The fraction of sp³-hybridized carbons (Fsp3) is 0.579. The zero-order valence-corrected chi connectivity index (χ0v) is 17.6. The molecule has 0 aliphatic carbocycles. The lowest BCUT2D eigenvalue weighted by Gasteiger charge is -2.35. The van der Waals surface area contributed by atoms with Crippen molar-refractivity contribution in [2.45, 2.75) is 47.1 Å². The molecule has 8 heteroatoms. The number of amides is 2. The summed E-state index contributed by atoms with van der Waals surface area (Å²) in [5.74, 6) is 0.711. The number of carbonyl (C=O) groups excluding carboxylic acids is 2. The number of aryl methyl sites for hydroxylation is 3. The first-order valence-electron chi connectivity index (χ1n) is 9.08. The summed E-state index contributed by atoms with van der Waals surface area (Å²) in [5.41, 5.74) is 1.32. The molecule has 1 fully saturated rings. The molecule has 7 nitrogen and oxygen atoms in total. The van der Waals surface area contributed by atoms with Gasteiger partial charge < -0.3 is 14.5 Å². The number of ether oxygens (including phenoxy) is 1. The van der Waals surface area contributed by atoms with Crippen LogP contribution in [-0.4, -0.2) is 63.5 Å². The smallest absolute Gasteiger partial charge is 0.410 e. The Morgan fingerprint density at radius 1 is 1.00 bits per heavy atom. The largest absolute Gasteiger partial charge is 0.444 e. The van der Waals surface area contributed by atoms with Crippen molar-refractivity contribution in [1.82, 2.24) is 19.8 Å². The van der Waals surface area contributed by atoms with E-state index in [4.69, 9.17) is 4.74 Å². The van der Waals surface area contributed by atoms with Crippen LogP contribution in [0.5, 0.6) is 0 Å². The predicted molar refractivity (Wildman–Crippen MR) is 105 cm³/mol. The van der Waals surface area contributed by atoms with E-state index in [0.717, 1.165) is 21.5 Å². The lowest BCUT2D eigenvalue weighted by molar-refractivity contribution is 0.0141. The van der Waals surface area contributed by atoms with Crippen molar-refractivity contribution in [3.63, 3.8) is 0 Å². The zero-order chi connectivity index (χ0) is 19.9. The van der Waals surface area contributed by atoms with Crippen LogP contribution in [0.1, 0.15) is 47.5 Å². The molecule has 1 aliphatic rings. The van der Waals surface area contributed by atoms with E-state index in [-0.39, 0.29) is 12.0 Å². The van der Waals surface area contributed by atoms with Gasteiger partial charge in [0, 0.05) is 37.3 Å². The lowest BCUT2D eigenvalue weighted by atomic mass is 10.1. The standard InChI is InChI=1S/C19H26N4O3S/c1-11-14-12(2)20-13(3)21-16(14)27-15(11)17(24)22-7-9-23(10-8-22)18(25)26-19(4,5)6/h7-10H2,1-6H3. The molecule has 0 radical (unpaired) electrons. The van der Waals surface area contributed by atoms with E-state index >= 15 is 0 Å².